The number of unbranched alkanes of at least 4 members (excludes halogenated alkanes) is 1. The maximum absolute atomic E-state index is 14.5. The van der Waals surface area contributed by atoms with E-state index in [2.05, 4.69) is 29.1 Å². The van der Waals surface area contributed by atoms with Crippen LogP contribution in [0.3, 0.4) is 0 Å². The van der Waals surface area contributed by atoms with Gasteiger partial charge in [-0.2, -0.15) is 0 Å². The van der Waals surface area contributed by atoms with E-state index in [0.29, 0.717) is 25.4 Å². The Labute approximate surface area is 150 Å². The number of rotatable bonds is 7. The number of anilines is 1. The lowest BCUT2D eigenvalue weighted by atomic mass is 10.1. The summed E-state index contributed by atoms with van der Waals surface area (Å²) >= 11 is 0. The van der Waals surface area contributed by atoms with Crippen LogP contribution in [0.4, 0.5) is 10.1 Å². The first kappa shape index (κ1) is 19.5. The largest absolute Gasteiger partial charge is 0.378 e. The van der Waals surface area contributed by atoms with Crippen molar-refractivity contribution in [3.8, 4) is 0 Å². The van der Waals surface area contributed by atoms with Gasteiger partial charge in [-0.3, -0.25) is 0 Å². The molecule has 1 fully saturated rings. The molecular weight excluding hydrogens is 319 g/mol. The van der Waals surface area contributed by atoms with Gasteiger partial charge >= 0.3 is 0 Å². The zero-order valence-electron chi connectivity index (χ0n) is 15.7. The smallest absolute Gasteiger partial charge is 0.193 e. The number of hydrogen-bond donors (Lipinski definition) is 1. The van der Waals surface area contributed by atoms with Crippen LogP contribution in [0.1, 0.15) is 32.3 Å². The molecule has 0 aliphatic carbocycles. The van der Waals surface area contributed by atoms with Gasteiger partial charge < -0.3 is 19.9 Å². The predicted molar refractivity (Wildman–Crippen MR) is 102 cm³/mol. The van der Waals surface area contributed by atoms with E-state index in [0.717, 1.165) is 50.5 Å². The Hall–Kier alpha value is -1.82. The lowest BCUT2D eigenvalue weighted by Crippen LogP contribution is -2.39. The second-order valence-corrected chi connectivity index (χ2v) is 6.33. The average molecular weight is 350 g/mol. The molecule has 0 saturated carbocycles. The van der Waals surface area contributed by atoms with Gasteiger partial charge in [0.1, 0.15) is 5.82 Å². The van der Waals surface area contributed by atoms with Crippen LogP contribution < -0.4 is 10.2 Å². The number of halogens is 1. The molecule has 1 aromatic rings. The highest BCUT2D eigenvalue weighted by Crippen LogP contribution is 2.22. The van der Waals surface area contributed by atoms with Gasteiger partial charge in [-0.15, -0.1) is 0 Å². The molecular formula is C19H31FN4O. The molecule has 1 N–H and O–H groups in total. The van der Waals surface area contributed by atoms with E-state index < -0.39 is 0 Å². The standard InChI is InChI=1S/C19H31FN4O/c1-4-6-9-23(3)19(21-5-2)22-15-16-7-8-18(17(20)14-16)24-10-12-25-13-11-24/h7-8,14H,4-6,9-13,15H2,1-3H3,(H,21,22). The minimum Gasteiger partial charge on any atom is -0.378 e. The average Bonchev–Trinajstić information content (AvgIpc) is 2.64. The third kappa shape index (κ3) is 5.88. The fourth-order valence-corrected chi connectivity index (χ4v) is 2.85. The van der Waals surface area contributed by atoms with E-state index in [4.69, 9.17) is 4.74 Å². The number of benzene rings is 1. The Kier molecular flexibility index (Phi) is 7.98. The van der Waals surface area contributed by atoms with Crippen LogP contribution in [0, 0.1) is 5.82 Å². The summed E-state index contributed by atoms with van der Waals surface area (Å²) in [5.41, 5.74) is 1.54. The van der Waals surface area contributed by atoms with Crippen molar-refractivity contribution in [2.45, 2.75) is 33.2 Å². The number of nitrogens with one attached hydrogen (secondary N) is 1. The van der Waals surface area contributed by atoms with E-state index in [9.17, 15) is 4.39 Å². The third-order valence-electron chi connectivity index (χ3n) is 4.32. The predicted octanol–water partition coefficient (Wildman–Crippen LogP) is 2.86. The van der Waals surface area contributed by atoms with Gasteiger partial charge in [-0.1, -0.05) is 19.4 Å². The topological polar surface area (TPSA) is 40.1 Å². The highest BCUT2D eigenvalue weighted by atomic mass is 19.1. The second-order valence-electron chi connectivity index (χ2n) is 6.33. The normalized spacial score (nSPS) is 15.4. The molecule has 1 saturated heterocycles. The van der Waals surface area contributed by atoms with E-state index in [1.807, 2.05) is 24.1 Å². The Balaban J connectivity index is 2.03. The summed E-state index contributed by atoms with van der Waals surface area (Å²) in [6, 6.07) is 5.43. The second kappa shape index (κ2) is 10.2. The highest BCUT2D eigenvalue weighted by Gasteiger charge is 2.15. The van der Waals surface area contributed by atoms with Crippen LogP contribution in [-0.2, 0) is 11.3 Å². The minimum absolute atomic E-state index is 0.182. The van der Waals surface area contributed by atoms with Crippen LogP contribution in [0.2, 0.25) is 0 Å². The third-order valence-corrected chi connectivity index (χ3v) is 4.32. The fraction of sp³-hybridized carbons (Fsp3) is 0.632. The molecule has 0 spiro atoms. The molecule has 0 aromatic heterocycles. The molecule has 1 aromatic carbocycles. The summed E-state index contributed by atoms with van der Waals surface area (Å²) in [4.78, 5) is 8.82. The zero-order chi connectivity index (χ0) is 18.1. The van der Waals surface area contributed by atoms with Crippen molar-refractivity contribution < 1.29 is 9.13 Å². The molecule has 2 rings (SSSR count). The number of guanidine groups is 1. The van der Waals surface area contributed by atoms with Gasteiger partial charge in [0.2, 0.25) is 0 Å². The van der Waals surface area contributed by atoms with Crippen LogP contribution in [0.15, 0.2) is 23.2 Å². The summed E-state index contributed by atoms with van der Waals surface area (Å²) in [6.45, 7) is 9.27. The quantitative estimate of drug-likeness (QED) is 0.606. The molecule has 1 heterocycles. The van der Waals surface area contributed by atoms with Crippen molar-refractivity contribution in [1.29, 1.82) is 0 Å². The lowest BCUT2D eigenvalue weighted by molar-refractivity contribution is 0.122. The Morgan fingerprint density at radius 1 is 1.32 bits per heavy atom. The summed E-state index contributed by atoms with van der Waals surface area (Å²) in [6.07, 6.45) is 2.28. The van der Waals surface area contributed by atoms with Crippen molar-refractivity contribution in [3.05, 3.63) is 29.6 Å². The molecule has 6 heteroatoms. The van der Waals surface area contributed by atoms with Gasteiger partial charge in [0, 0.05) is 33.2 Å². The molecule has 5 nitrogen and oxygen atoms in total. The SMILES string of the molecule is CCCCN(C)C(=NCc1ccc(N2CCOCC2)c(F)c1)NCC. The summed E-state index contributed by atoms with van der Waals surface area (Å²) in [5.74, 6) is 0.688. The fourth-order valence-electron chi connectivity index (χ4n) is 2.85. The van der Waals surface area contributed by atoms with Gasteiger partial charge in [0.15, 0.2) is 5.96 Å². The molecule has 0 unspecified atom stereocenters. The van der Waals surface area contributed by atoms with Crippen molar-refractivity contribution >= 4 is 11.6 Å². The summed E-state index contributed by atoms with van der Waals surface area (Å²) in [5, 5.41) is 3.30. The molecule has 0 amide bonds. The van der Waals surface area contributed by atoms with E-state index in [1.165, 1.54) is 0 Å². The molecule has 0 radical (unpaired) electrons. The van der Waals surface area contributed by atoms with Gasteiger partial charge in [0.25, 0.3) is 0 Å². The highest BCUT2D eigenvalue weighted by molar-refractivity contribution is 5.79. The monoisotopic (exact) mass is 350 g/mol. The first-order valence-electron chi connectivity index (χ1n) is 9.26. The van der Waals surface area contributed by atoms with Gasteiger partial charge in [-0.05, 0) is 31.0 Å². The first-order valence-corrected chi connectivity index (χ1v) is 9.26. The molecule has 25 heavy (non-hydrogen) atoms. The number of aliphatic imine (C=N–C) groups is 1. The van der Waals surface area contributed by atoms with E-state index in [1.54, 1.807) is 6.07 Å². The number of nitrogens with zero attached hydrogens (tertiary/aromatic N) is 3. The molecule has 1 aliphatic heterocycles. The maximum atomic E-state index is 14.5. The summed E-state index contributed by atoms with van der Waals surface area (Å²) in [7, 11) is 2.04. The number of ether oxygens (including phenoxy) is 1. The van der Waals surface area contributed by atoms with E-state index in [-0.39, 0.29) is 5.82 Å². The first-order chi connectivity index (χ1) is 12.2. The van der Waals surface area contributed by atoms with Crippen LogP contribution in [0.5, 0.6) is 0 Å². The van der Waals surface area contributed by atoms with Crippen molar-refractivity contribution in [2.24, 2.45) is 4.99 Å². The molecule has 0 atom stereocenters. The van der Waals surface area contributed by atoms with Gasteiger partial charge in [0.05, 0.1) is 25.4 Å². The minimum atomic E-state index is -0.182. The van der Waals surface area contributed by atoms with Gasteiger partial charge in [-0.25, -0.2) is 9.38 Å². The zero-order valence-corrected chi connectivity index (χ0v) is 15.7. The number of morpholine rings is 1. The van der Waals surface area contributed by atoms with Crippen molar-refractivity contribution in [2.75, 3.05) is 51.3 Å². The van der Waals surface area contributed by atoms with Crippen molar-refractivity contribution in [1.82, 2.24) is 10.2 Å². The molecule has 1 aliphatic rings. The van der Waals surface area contributed by atoms with Crippen LogP contribution >= 0.6 is 0 Å². The maximum Gasteiger partial charge on any atom is 0.193 e. The van der Waals surface area contributed by atoms with Crippen LogP contribution in [0.25, 0.3) is 0 Å². The Morgan fingerprint density at radius 2 is 2.08 bits per heavy atom. The molecule has 140 valence electrons. The molecule has 0 bridgehead atoms. The van der Waals surface area contributed by atoms with Crippen molar-refractivity contribution in [3.63, 3.8) is 0 Å². The van der Waals surface area contributed by atoms with E-state index >= 15 is 0 Å². The number of hydrogen-bond acceptors (Lipinski definition) is 3. The Morgan fingerprint density at radius 3 is 2.72 bits per heavy atom. The van der Waals surface area contributed by atoms with Crippen LogP contribution in [-0.4, -0.2) is 57.3 Å². The Bertz CT molecular complexity index is 558. The summed E-state index contributed by atoms with van der Waals surface area (Å²) < 4.78 is 19.8. The lowest BCUT2D eigenvalue weighted by Gasteiger charge is -2.29.